The molecule has 11 heavy (non-hydrogen) atoms. The molecule has 0 spiro atoms. The highest BCUT2D eigenvalue weighted by molar-refractivity contribution is 5.85. The normalized spacial score (nSPS) is 10.6. The lowest BCUT2D eigenvalue weighted by molar-refractivity contribution is -0.131. The van der Waals surface area contributed by atoms with Gasteiger partial charge in [0.1, 0.15) is 0 Å². The maximum atomic E-state index is 10.1. The Bertz CT molecular complexity index is 288. The molecule has 1 rings (SSSR count). The summed E-state index contributed by atoms with van der Waals surface area (Å²) in [6, 6.07) is 0. The molecule has 1 aromatic rings. The molecule has 0 saturated carbocycles. The lowest BCUT2D eigenvalue weighted by atomic mass is 10.3. The second kappa shape index (κ2) is 3.01. The van der Waals surface area contributed by atoms with Crippen LogP contribution in [0.15, 0.2) is 12.4 Å². The van der Waals surface area contributed by atoms with Crippen LogP contribution >= 0.6 is 0 Å². The summed E-state index contributed by atoms with van der Waals surface area (Å²) in [5, 5.41) is 8.28. The van der Waals surface area contributed by atoms with Crippen LogP contribution in [0.1, 0.15) is 11.4 Å². The molecule has 0 atom stereocenters. The Hall–Kier alpha value is -1.58. The Morgan fingerprint density at radius 1 is 1.82 bits per heavy atom. The summed E-state index contributed by atoms with van der Waals surface area (Å²) in [5.74, 6) is -0.965. The zero-order valence-corrected chi connectivity index (χ0v) is 6.03. The molecule has 0 aliphatic heterocycles. The average Bonchev–Trinajstić information content (AvgIpc) is 2.31. The van der Waals surface area contributed by atoms with Crippen LogP contribution < -0.4 is 0 Å². The number of imidazole rings is 1. The number of rotatable bonds is 2. The van der Waals surface area contributed by atoms with Crippen LogP contribution in [0.2, 0.25) is 0 Å². The monoisotopic (exact) mass is 152 g/mol. The second-order valence-electron chi connectivity index (χ2n) is 2.08. The van der Waals surface area contributed by atoms with Crippen LogP contribution in [-0.2, 0) is 4.79 Å². The van der Waals surface area contributed by atoms with Gasteiger partial charge in [-0.15, -0.1) is 0 Å². The number of nitrogens with zero attached hydrogens (tertiary/aromatic N) is 1. The molecule has 4 nitrogen and oxygen atoms in total. The Morgan fingerprint density at radius 2 is 2.55 bits per heavy atom. The van der Waals surface area contributed by atoms with Crippen LogP contribution in [0.5, 0.6) is 0 Å². The molecule has 0 aliphatic carbocycles. The molecule has 0 amide bonds. The number of aliphatic carboxylic acids is 1. The number of H-pyrrole nitrogens is 1. The van der Waals surface area contributed by atoms with Gasteiger partial charge in [0.15, 0.2) is 0 Å². The van der Waals surface area contributed by atoms with Crippen molar-refractivity contribution >= 4 is 12.0 Å². The summed E-state index contributed by atoms with van der Waals surface area (Å²) in [7, 11) is 0. The smallest absolute Gasteiger partial charge is 0.328 e. The van der Waals surface area contributed by atoms with Crippen molar-refractivity contribution in [1.29, 1.82) is 0 Å². The SMILES string of the molecule is Cc1[nH]cnc1/C=C\C(=O)O. The van der Waals surface area contributed by atoms with E-state index in [1.807, 2.05) is 6.92 Å². The van der Waals surface area contributed by atoms with Crippen molar-refractivity contribution in [2.45, 2.75) is 6.92 Å². The summed E-state index contributed by atoms with van der Waals surface area (Å²) in [5.41, 5.74) is 1.52. The first-order chi connectivity index (χ1) is 5.20. The molecule has 0 aromatic carbocycles. The van der Waals surface area contributed by atoms with Gasteiger partial charge >= 0.3 is 5.97 Å². The van der Waals surface area contributed by atoms with Gasteiger partial charge in [-0.2, -0.15) is 0 Å². The number of carboxylic acid groups (broad SMARTS) is 1. The number of aromatic nitrogens is 2. The quantitative estimate of drug-likeness (QED) is 0.616. The summed E-state index contributed by atoms with van der Waals surface area (Å²) in [6.07, 6.45) is 4.04. The lowest BCUT2D eigenvalue weighted by Crippen LogP contribution is -1.86. The third-order valence-electron chi connectivity index (χ3n) is 1.25. The van der Waals surface area contributed by atoms with Crippen molar-refractivity contribution in [3.63, 3.8) is 0 Å². The van der Waals surface area contributed by atoms with Gasteiger partial charge in [-0.05, 0) is 13.0 Å². The van der Waals surface area contributed by atoms with E-state index in [0.29, 0.717) is 5.69 Å². The Morgan fingerprint density at radius 3 is 3.00 bits per heavy atom. The molecule has 0 unspecified atom stereocenters. The number of carbonyl (C=O) groups is 1. The van der Waals surface area contributed by atoms with Gasteiger partial charge in [-0.1, -0.05) is 0 Å². The molecule has 0 aliphatic rings. The number of hydrogen-bond donors (Lipinski definition) is 2. The minimum absolute atomic E-state index is 0.660. The lowest BCUT2D eigenvalue weighted by Gasteiger charge is -1.84. The minimum atomic E-state index is -0.965. The highest BCUT2D eigenvalue weighted by Crippen LogP contribution is 2.01. The number of hydrogen-bond acceptors (Lipinski definition) is 2. The third-order valence-corrected chi connectivity index (χ3v) is 1.25. The van der Waals surface area contributed by atoms with E-state index < -0.39 is 5.97 Å². The van der Waals surface area contributed by atoms with E-state index in [9.17, 15) is 4.79 Å². The summed E-state index contributed by atoms with van der Waals surface area (Å²) >= 11 is 0. The fourth-order valence-electron chi connectivity index (χ4n) is 0.688. The molecule has 2 N–H and O–H groups in total. The molecular formula is C7H8N2O2. The molecule has 1 aromatic heterocycles. The first-order valence-corrected chi connectivity index (χ1v) is 3.11. The van der Waals surface area contributed by atoms with E-state index in [4.69, 9.17) is 5.11 Å². The van der Waals surface area contributed by atoms with Crippen molar-refractivity contribution in [2.75, 3.05) is 0 Å². The summed E-state index contributed by atoms with van der Waals surface area (Å²) < 4.78 is 0. The van der Waals surface area contributed by atoms with Crippen molar-refractivity contribution in [2.24, 2.45) is 0 Å². The Balaban J connectivity index is 2.79. The highest BCUT2D eigenvalue weighted by Gasteiger charge is 1.95. The van der Waals surface area contributed by atoms with Crippen LogP contribution in [0.3, 0.4) is 0 Å². The standard InChI is InChI=1S/C7H8N2O2/c1-5-6(9-4-8-5)2-3-7(10)11/h2-4H,1H3,(H,8,9)(H,10,11)/b3-2-. The second-order valence-corrected chi connectivity index (χ2v) is 2.08. The van der Waals surface area contributed by atoms with Gasteiger partial charge in [0.25, 0.3) is 0 Å². The number of aryl methyl sites for hydroxylation is 1. The Kier molecular flexibility index (Phi) is 2.06. The fraction of sp³-hybridized carbons (Fsp3) is 0.143. The highest BCUT2D eigenvalue weighted by atomic mass is 16.4. The van der Waals surface area contributed by atoms with Gasteiger partial charge in [0.05, 0.1) is 12.0 Å². The van der Waals surface area contributed by atoms with Gasteiger partial charge in [0.2, 0.25) is 0 Å². The van der Waals surface area contributed by atoms with Crippen LogP contribution in [0.4, 0.5) is 0 Å². The topological polar surface area (TPSA) is 66.0 Å². The van der Waals surface area contributed by atoms with Gasteiger partial charge in [0, 0.05) is 11.8 Å². The summed E-state index contributed by atoms with van der Waals surface area (Å²) in [4.78, 5) is 16.8. The molecular weight excluding hydrogens is 144 g/mol. The maximum Gasteiger partial charge on any atom is 0.328 e. The fourth-order valence-corrected chi connectivity index (χ4v) is 0.688. The molecule has 1 heterocycles. The van der Waals surface area contributed by atoms with Gasteiger partial charge < -0.3 is 10.1 Å². The zero-order chi connectivity index (χ0) is 8.27. The van der Waals surface area contributed by atoms with Gasteiger partial charge in [-0.25, -0.2) is 9.78 Å². The average molecular weight is 152 g/mol. The minimum Gasteiger partial charge on any atom is -0.478 e. The van der Waals surface area contributed by atoms with E-state index in [2.05, 4.69) is 9.97 Å². The van der Waals surface area contributed by atoms with E-state index in [1.54, 1.807) is 0 Å². The van der Waals surface area contributed by atoms with Crippen molar-refractivity contribution < 1.29 is 9.90 Å². The van der Waals surface area contributed by atoms with Crippen LogP contribution in [0, 0.1) is 6.92 Å². The molecule has 58 valence electrons. The van der Waals surface area contributed by atoms with Gasteiger partial charge in [-0.3, -0.25) is 0 Å². The first-order valence-electron chi connectivity index (χ1n) is 3.11. The number of carboxylic acids is 1. The van der Waals surface area contributed by atoms with E-state index in [1.165, 1.54) is 12.4 Å². The molecule has 0 fully saturated rings. The molecule has 0 saturated heterocycles. The zero-order valence-electron chi connectivity index (χ0n) is 6.03. The van der Waals surface area contributed by atoms with Crippen LogP contribution in [-0.4, -0.2) is 21.0 Å². The predicted octanol–water partition coefficient (Wildman–Crippen LogP) is 0.816. The maximum absolute atomic E-state index is 10.1. The first kappa shape index (κ1) is 7.53. The van der Waals surface area contributed by atoms with E-state index in [-0.39, 0.29) is 0 Å². The van der Waals surface area contributed by atoms with Crippen molar-refractivity contribution in [3.8, 4) is 0 Å². The Labute approximate surface area is 63.6 Å². The molecule has 0 radical (unpaired) electrons. The predicted molar refractivity (Wildman–Crippen MR) is 40.0 cm³/mol. The van der Waals surface area contributed by atoms with Crippen molar-refractivity contribution in [3.05, 3.63) is 23.8 Å². The summed E-state index contributed by atoms with van der Waals surface area (Å²) in [6.45, 7) is 1.83. The van der Waals surface area contributed by atoms with E-state index in [0.717, 1.165) is 11.8 Å². The molecule has 4 heteroatoms. The molecule has 0 bridgehead atoms. The van der Waals surface area contributed by atoms with Crippen molar-refractivity contribution in [1.82, 2.24) is 9.97 Å². The van der Waals surface area contributed by atoms with Crippen LogP contribution in [0.25, 0.3) is 6.08 Å². The largest absolute Gasteiger partial charge is 0.478 e. The number of aromatic amines is 1. The van der Waals surface area contributed by atoms with E-state index >= 15 is 0 Å². The third kappa shape index (κ3) is 1.93. The number of nitrogens with one attached hydrogen (secondary N) is 1.